The minimum Gasteiger partial charge on any atom is -0.492 e. The summed E-state index contributed by atoms with van der Waals surface area (Å²) in [5.41, 5.74) is 2.12. The molecule has 2 heterocycles. The first-order chi connectivity index (χ1) is 18.3. The van der Waals surface area contributed by atoms with Crippen molar-refractivity contribution in [1.29, 1.82) is 0 Å². The summed E-state index contributed by atoms with van der Waals surface area (Å²) in [7, 11) is 0. The van der Waals surface area contributed by atoms with E-state index in [1.807, 2.05) is 68.8 Å². The Kier molecular flexibility index (Phi) is 11.6. The zero-order valence-electron chi connectivity index (χ0n) is 22.9. The molecule has 9 heteroatoms. The summed E-state index contributed by atoms with van der Waals surface area (Å²) in [6.07, 6.45) is 3.25. The third-order valence-corrected chi connectivity index (χ3v) is 7.39. The van der Waals surface area contributed by atoms with Gasteiger partial charge < -0.3 is 20.7 Å². The first-order valence-corrected chi connectivity index (χ1v) is 14.6. The predicted molar refractivity (Wildman–Crippen MR) is 151 cm³/mol. The van der Waals surface area contributed by atoms with Crippen LogP contribution in [0.1, 0.15) is 58.1 Å². The van der Waals surface area contributed by atoms with Gasteiger partial charge in [-0.15, -0.1) is 0 Å². The number of ether oxygens (including phenoxy) is 1. The molecule has 2 aromatic rings. The van der Waals surface area contributed by atoms with E-state index in [9.17, 15) is 14.4 Å². The van der Waals surface area contributed by atoms with Gasteiger partial charge in [-0.05, 0) is 72.5 Å². The lowest BCUT2D eigenvalue weighted by Crippen LogP contribution is -2.59. The molecule has 1 unspecified atom stereocenters. The van der Waals surface area contributed by atoms with Crippen molar-refractivity contribution in [2.24, 2.45) is 5.92 Å². The molecule has 4 N–H and O–H groups in total. The maximum absolute atomic E-state index is 13.5. The Hall–Kier alpha value is -2.91. The van der Waals surface area contributed by atoms with E-state index in [-0.39, 0.29) is 29.7 Å². The second-order valence-corrected chi connectivity index (χ2v) is 11.1. The predicted octanol–water partition coefficient (Wildman–Crippen LogP) is 3.20. The molecule has 3 amide bonds. The highest BCUT2D eigenvalue weighted by Gasteiger charge is 2.31. The van der Waals surface area contributed by atoms with Crippen LogP contribution in [0.15, 0.2) is 41.1 Å². The number of nitrogens with one attached hydrogen (secondary N) is 4. The summed E-state index contributed by atoms with van der Waals surface area (Å²) in [4.78, 5) is 39.8. The number of para-hydroxylation sites is 1. The third-order valence-electron chi connectivity index (χ3n) is 6.66. The molecule has 38 heavy (non-hydrogen) atoms. The van der Waals surface area contributed by atoms with Crippen LogP contribution < -0.4 is 26.0 Å². The summed E-state index contributed by atoms with van der Waals surface area (Å²) in [5, 5.41) is 16.3. The highest BCUT2D eigenvalue weighted by Crippen LogP contribution is 2.20. The molecule has 0 saturated carbocycles. The van der Waals surface area contributed by atoms with Crippen LogP contribution in [-0.4, -0.2) is 55.0 Å². The molecule has 4 atom stereocenters. The smallest absolute Gasteiger partial charge is 0.243 e. The second-order valence-electron chi connectivity index (χ2n) is 10.3. The summed E-state index contributed by atoms with van der Waals surface area (Å²) in [6.45, 7) is 8.63. The van der Waals surface area contributed by atoms with Crippen molar-refractivity contribution < 1.29 is 19.1 Å². The number of rotatable bonds is 5. The molecule has 1 aromatic carbocycles. The van der Waals surface area contributed by atoms with Gasteiger partial charge in [-0.3, -0.25) is 19.7 Å². The molecule has 1 aromatic heterocycles. The number of thiophene rings is 1. The fourth-order valence-electron chi connectivity index (χ4n) is 4.55. The van der Waals surface area contributed by atoms with E-state index in [2.05, 4.69) is 21.3 Å². The van der Waals surface area contributed by atoms with E-state index in [1.165, 1.54) is 0 Å². The van der Waals surface area contributed by atoms with Gasteiger partial charge in [0.05, 0.1) is 6.04 Å². The molecule has 0 bridgehead atoms. The Morgan fingerprint density at radius 3 is 2.53 bits per heavy atom. The number of carbonyl (C=O) groups excluding carboxylic acids is 3. The zero-order valence-corrected chi connectivity index (χ0v) is 23.7. The highest BCUT2D eigenvalue weighted by atomic mass is 32.1. The number of carbonyl (C=O) groups is 3. The first-order valence-electron chi connectivity index (χ1n) is 13.6. The van der Waals surface area contributed by atoms with Crippen molar-refractivity contribution in [3.8, 4) is 5.75 Å². The standard InChI is InChI=1S/C29H42N4O4S/c1-5-9-23-27(34)30-14-8-11-22-10-6-7-12-25(22)37-17-20(4)31-24(16-21-13-15-38-18-21)28(35)33-26(19(2)3)29(36)32-23/h6-7,10,12-13,15,18-20,23-24,26,31H,5,8-9,11,14,16-17H2,1-4H3,(H,30,34)(H,32,36)(H,33,35)/t20-,23-,24+,26?/m0/s1. The SMILES string of the molecule is CCC[C@@H]1NC(=O)C(C(C)C)NC(=O)[C@@H](Cc2ccsc2)N[C@@H](C)COc2ccccc2CCCNC1=O. The normalized spacial score (nSPS) is 24.3. The van der Waals surface area contributed by atoms with Gasteiger partial charge in [-0.1, -0.05) is 45.4 Å². The Morgan fingerprint density at radius 2 is 1.82 bits per heavy atom. The Balaban J connectivity index is 1.87. The van der Waals surface area contributed by atoms with Gasteiger partial charge in [0.1, 0.15) is 24.4 Å². The monoisotopic (exact) mass is 542 g/mol. The summed E-state index contributed by atoms with van der Waals surface area (Å²) in [6, 6.07) is 7.83. The molecular formula is C29H42N4O4S. The molecule has 3 rings (SSSR count). The van der Waals surface area contributed by atoms with Crippen LogP contribution in [0.2, 0.25) is 0 Å². The summed E-state index contributed by atoms with van der Waals surface area (Å²) >= 11 is 1.58. The molecule has 0 radical (unpaired) electrons. The van der Waals surface area contributed by atoms with Gasteiger partial charge in [-0.25, -0.2) is 0 Å². The van der Waals surface area contributed by atoms with Crippen LogP contribution in [0.4, 0.5) is 0 Å². The molecule has 0 saturated heterocycles. The first kappa shape index (κ1) is 29.6. The van der Waals surface area contributed by atoms with Crippen molar-refractivity contribution in [3.05, 3.63) is 52.2 Å². The average Bonchev–Trinajstić information content (AvgIpc) is 3.40. The van der Waals surface area contributed by atoms with E-state index in [0.717, 1.165) is 36.1 Å². The van der Waals surface area contributed by atoms with Crippen LogP contribution >= 0.6 is 11.3 Å². The second kappa shape index (κ2) is 14.9. The van der Waals surface area contributed by atoms with Crippen LogP contribution in [-0.2, 0) is 27.2 Å². The number of hydrogen-bond acceptors (Lipinski definition) is 6. The number of fused-ring (bicyclic) bond motifs is 1. The fourth-order valence-corrected chi connectivity index (χ4v) is 5.23. The van der Waals surface area contributed by atoms with Crippen molar-refractivity contribution in [2.45, 2.75) is 84.0 Å². The Morgan fingerprint density at radius 1 is 1.03 bits per heavy atom. The van der Waals surface area contributed by atoms with Crippen LogP contribution in [0.3, 0.4) is 0 Å². The lowest BCUT2D eigenvalue weighted by Gasteiger charge is -2.28. The third kappa shape index (κ3) is 8.84. The van der Waals surface area contributed by atoms with Gasteiger partial charge in [0.2, 0.25) is 17.7 Å². The van der Waals surface area contributed by atoms with E-state index >= 15 is 0 Å². The van der Waals surface area contributed by atoms with Crippen molar-refractivity contribution in [1.82, 2.24) is 21.3 Å². The van der Waals surface area contributed by atoms with Crippen LogP contribution in [0.25, 0.3) is 0 Å². The molecule has 8 nitrogen and oxygen atoms in total. The molecule has 1 aliphatic rings. The molecule has 0 spiro atoms. The van der Waals surface area contributed by atoms with E-state index in [1.54, 1.807) is 11.3 Å². The number of hydrogen-bond donors (Lipinski definition) is 4. The Labute approximate surface area is 230 Å². The Bertz CT molecular complexity index is 1040. The van der Waals surface area contributed by atoms with Gasteiger partial charge in [-0.2, -0.15) is 11.3 Å². The van der Waals surface area contributed by atoms with E-state index in [4.69, 9.17) is 4.74 Å². The maximum Gasteiger partial charge on any atom is 0.243 e. The minimum absolute atomic E-state index is 0.115. The van der Waals surface area contributed by atoms with Gasteiger partial charge in [0.25, 0.3) is 0 Å². The molecule has 0 fully saturated rings. The maximum atomic E-state index is 13.5. The van der Waals surface area contributed by atoms with E-state index < -0.39 is 18.1 Å². The lowest BCUT2D eigenvalue weighted by molar-refractivity contribution is -0.133. The van der Waals surface area contributed by atoms with Crippen molar-refractivity contribution >= 4 is 29.1 Å². The number of benzene rings is 1. The molecule has 208 valence electrons. The fraction of sp³-hybridized carbons (Fsp3) is 0.552. The van der Waals surface area contributed by atoms with E-state index in [0.29, 0.717) is 26.0 Å². The number of amides is 3. The molecular weight excluding hydrogens is 500 g/mol. The molecule has 0 aliphatic carbocycles. The number of aryl methyl sites for hydroxylation is 1. The summed E-state index contributed by atoms with van der Waals surface area (Å²) < 4.78 is 6.17. The largest absolute Gasteiger partial charge is 0.492 e. The molecule has 1 aliphatic heterocycles. The topological polar surface area (TPSA) is 109 Å². The average molecular weight is 543 g/mol. The van der Waals surface area contributed by atoms with Gasteiger partial charge >= 0.3 is 0 Å². The highest BCUT2D eigenvalue weighted by molar-refractivity contribution is 7.07. The van der Waals surface area contributed by atoms with Crippen molar-refractivity contribution in [2.75, 3.05) is 13.2 Å². The van der Waals surface area contributed by atoms with Crippen LogP contribution in [0.5, 0.6) is 5.75 Å². The summed E-state index contributed by atoms with van der Waals surface area (Å²) in [5.74, 6) is -0.152. The van der Waals surface area contributed by atoms with Crippen molar-refractivity contribution in [3.63, 3.8) is 0 Å². The quantitative estimate of drug-likeness (QED) is 0.464. The van der Waals surface area contributed by atoms with Gasteiger partial charge in [0, 0.05) is 12.6 Å². The van der Waals surface area contributed by atoms with Crippen LogP contribution in [0, 0.1) is 5.92 Å². The zero-order chi connectivity index (χ0) is 27.5. The van der Waals surface area contributed by atoms with Gasteiger partial charge in [0.15, 0.2) is 0 Å². The minimum atomic E-state index is -0.765. The lowest BCUT2D eigenvalue weighted by atomic mass is 10.0.